The molecule has 0 saturated heterocycles. The first-order chi connectivity index (χ1) is 11.3. The molecule has 3 rings (SSSR count). The summed E-state index contributed by atoms with van der Waals surface area (Å²) >= 11 is 3.44. The van der Waals surface area contributed by atoms with E-state index in [1.807, 2.05) is 45.0 Å². The van der Waals surface area contributed by atoms with Crippen LogP contribution in [0.25, 0.3) is 0 Å². The Morgan fingerprint density at radius 3 is 2.54 bits per heavy atom. The Balaban J connectivity index is 1.85. The van der Waals surface area contributed by atoms with Crippen LogP contribution in [0.5, 0.6) is 5.75 Å². The van der Waals surface area contributed by atoms with Crippen molar-refractivity contribution in [1.29, 1.82) is 0 Å². The lowest BCUT2D eigenvalue weighted by atomic mass is 10.0. The van der Waals surface area contributed by atoms with Gasteiger partial charge in [-0.2, -0.15) is 0 Å². The average Bonchev–Trinajstić information content (AvgIpc) is 2.50. The van der Waals surface area contributed by atoms with Crippen LogP contribution in [-0.2, 0) is 16.4 Å². The molecule has 24 heavy (non-hydrogen) atoms. The standard InChI is InChI=1S/C18H20BrNO3S/c1-11-6-13(3)18(7-12(11)2)24(21,22)20-16-9-14-8-15(19)4-5-17(14)23-10-16/h4-8,16,20H,9-10H2,1-3H3/t16-/m1/s1. The molecule has 1 aliphatic rings. The molecule has 0 bridgehead atoms. The van der Waals surface area contributed by atoms with Crippen molar-refractivity contribution in [2.75, 3.05) is 6.61 Å². The SMILES string of the molecule is Cc1cc(C)c(S(=O)(=O)N[C@H]2COc3ccc(Br)cc3C2)cc1C. The van der Waals surface area contributed by atoms with Crippen molar-refractivity contribution in [2.24, 2.45) is 0 Å². The number of nitrogens with one attached hydrogen (secondary N) is 1. The van der Waals surface area contributed by atoms with E-state index >= 15 is 0 Å². The van der Waals surface area contributed by atoms with E-state index in [-0.39, 0.29) is 6.04 Å². The molecule has 0 unspecified atom stereocenters. The number of hydrogen-bond acceptors (Lipinski definition) is 3. The zero-order chi connectivity index (χ0) is 17.5. The third-order valence-electron chi connectivity index (χ3n) is 4.33. The van der Waals surface area contributed by atoms with Crippen LogP contribution in [0.2, 0.25) is 0 Å². The number of fused-ring (bicyclic) bond motifs is 1. The van der Waals surface area contributed by atoms with Crippen molar-refractivity contribution in [3.8, 4) is 5.75 Å². The van der Waals surface area contributed by atoms with E-state index in [9.17, 15) is 8.42 Å². The molecule has 2 aromatic rings. The van der Waals surface area contributed by atoms with Gasteiger partial charge in [0, 0.05) is 4.47 Å². The summed E-state index contributed by atoms with van der Waals surface area (Å²) in [5.41, 5.74) is 3.81. The average molecular weight is 410 g/mol. The lowest BCUT2D eigenvalue weighted by molar-refractivity contribution is 0.254. The van der Waals surface area contributed by atoms with Gasteiger partial charge in [-0.05, 0) is 73.7 Å². The minimum atomic E-state index is -3.58. The van der Waals surface area contributed by atoms with Crippen LogP contribution in [0.3, 0.4) is 0 Å². The quantitative estimate of drug-likeness (QED) is 0.841. The maximum absolute atomic E-state index is 12.8. The highest BCUT2D eigenvalue weighted by Gasteiger charge is 2.26. The number of halogens is 1. The van der Waals surface area contributed by atoms with Crippen LogP contribution in [0.4, 0.5) is 0 Å². The van der Waals surface area contributed by atoms with Crippen LogP contribution >= 0.6 is 15.9 Å². The van der Waals surface area contributed by atoms with Crippen LogP contribution < -0.4 is 9.46 Å². The lowest BCUT2D eigenvalue weighted by Crippen LogP contribution is -2.42. The fourth-order valence-electron chi connectivity index (χ4n) is 2.95. The molecule has 0 fully saturated rings. The van der Waals surface area contributed by atoms with Crippen LogP contribution in [-0.4, -0.2) is 21.1 Å². The molecule has 0 aliphatic carbocycles. The lowest BCUT2D eigenvalue weighted by Gasteiger charge is -2.26. The van der Waals surface area contributed by atoms with E-state index in [2.05, 4.69) is 20.7 Å². The molecule has 2 aromatic carbocycles. The Labute approximate surface area is 151 Å². The van der Waals surface area contributed by atoms with E-state index in [0.717, 1.165) is 32.5 Å². The van der Waals surface area contributed by atoms with Crippen LogP contribution in [0.15, 0.2) is 39.7 Å². The van der Waals surface area contributed by atoms with Crippen molar-refractivity contribution < 1.29 is 13.2 Å². The zero-order valence-corrected chi connectivity index (χ0v) is 16.3. The highest BCUT2D eigenvalue weighted by molar-refractivity contribution is 9.10. The molecular formula is C18H20BrNO3S. The van der Waals surface area contributed by atoms with E-state index in [0.29, 0.717) is 17.9 Å². The van der Waals surface area contributed by atoms with E-state index in [4.69, 9.17) is 4.74 Å². The smallest absolute Gasteiger partial charge is 0.241 e. The van der Waals surface area contributed by atoms with Crippen molar-refractivity contribution in [3.05, 3.63) is 57.1 Å². The van der Waals surface area contributed by atoms with Crippen LogP contribution in [0.1, 0.15) is 22.3 Å². The predicted octanol–water partition coefficient (Wildman–Crippen LogP) is 3.66. The topological polar surface area (TPSA) is 55.4 Å². The molecule has 1 atom stereocenters. The van der Waals surface area contributed by atoms with E-state index < -0.39 is 10.0 Å². The third kappa shape index (κ3) is 3.50. The number of hydrogen-bond donors (Lipinski definition) is 1. The van der Waals surface area contributed by atoms with Gasteiger partial charge in [0.15, 0.2) is 0 Å². The molecule has 1 N–H and O–H groups in total. The summed E-state index contributed by atoms with van der Waals surface area (Å²) in [7, 11) is -3.58. The summed E-state index contributed by atoms with van der Waals surface area (Å²) in [6.07, 6.45) is 0.609. The van der Waals surface area contributed by atoms with Gasteiger partial charge in [0.2, 0.25) is 10.0 Å². The predicted molar refractivity (Wildman–Crippen MR) is 98.1 cm³/mol. The Bertz CT molecular complexity index is 893. The van der Waals surface area contributed by atoms with Gasteiger partial charge in [-0.3, -0.25) is 0 Å². The first-order valence-corrected chi connectivity index (χ1v) is 10.1. The van der Waals surface area contributed by atoms with Gasteiger partial charge in [-0.25, -0.2) is 13.1 Å². The van der Waals surface area contributed by atoms with Gasteiger partial charge in [0.1, 0.15) is 12.4 Å². The second kappa shape index (κ2) is 6.50. The first-order valence-electron chi connectivity index (χ1n) is 7.77. The maximum atomic E-state index is 12.8. The fourth-order valence-corrected chi connectivity index (χ4v) is 4.89. The number of sulfonamides is 1. The highest BCUT2D eigenvalue weighted by atomic mass is 79.9. The number of rotatable bonds is 3. The molecular weight excluding hydrogens is 390 g/mol. The largest absolute Gasteiger partial charge is 0.492 e. The number of ether oxygens (including phenoxy) is 1. The van der Waals surface area contributed by atoms with Crippen LogP contribution in [0, 0.1) is 20.8 Å². The second-order valence-electron chi connectivity index (χ2n) is 6.29. The summed E-state index contributed by atoms with van der Waals surface area (Å²) in [5, 5.41) is 0. The molecule has 0 amide bonds. The molecule has 0 aromatic heterocycles. The molecule has 1 aliphatic heterocycles. The molecule has 0 saturated carbocycles. The van der Waals surface area contributed by atoms with E-state index in [1.165, 1.54) is 0 Å². The Hall–Kier alpha value is -1.37. The third-order valence-corrected chi connectivity index (χ3v) is 6.49. The molecule has 0 spiro atoms. The van der Waals surface area contributed by atoms with Gasteiger partial charge < -0.3 is 4.74 Å². The number of aryl methyl sites for hydroxylation is 3. The second-order valence-corrected chi connectivity index (χ2v) is 8.89. The van der Waals surface area contributed by atoms with Gasteiger partial charge in [-0.15, -0.1) is 0 Å². The fraction of sp³-hybridized carbons (Fsp3) is 0.333. The molecule has 0 radical (unpaired) electrons. The van der Waals surface area contributed by atoms with Crippen molar-refractivity contribution in [1.82, 2.24) is 4.72 Å². The Kier molecular flexibility index (Phi) is 4.73. The zero-order valence-electron chi connectivity index (χ0n) is 13.9. The van der Waals surface area contributed by atoms with Crippen molar-refractivity contribution in [3.63, 3.8) is 0 Å². The summed E-state index contributed by atoms with van der Waals surface area (Å²) in [6.45, 7) is 6.06. The molecule has 4 nitrogen and oxygen atoms in total. The molecule has 1 heterocycles. The van der Waals surface area contributed by atoms with Crippen molar-refractivity contribution in [2.45, 2.75) is 38.1 Å². The Morgan fingerprint density at radius 1 is 1.08 bits per heavy atom. The highest BCUT2D eigenvalue weighted by Crippen LogP contribution is 2.28. The summed E-state index contributed by atoms with van der Waals surface area (Å²) < 4.78 is 35.0. The monoisotopic (exact) mass is 409 g/mol. The number of benzene rings is 2. The molecule has 128 valence electrons. The summed E-state index contributed by atoms with van der Waals surface area (Å²) in [5.74, 6) is 0.816. The van der Waals surface area contributed by atoms with Crippen molar-refractivity contribution >= 4 is 26.0 Å². The first kappa shape index (κ1) is 17.5. The minimum Gasteiger partial charge on any atom is -0.492 e. The minimum absolute atomic E-state index is 0.280. The molecule has 6 heteroatoms. The summed E-state index contributed by atoms with van der Waals surface area (Å²) in [6, 6.07) is 9.16. The van der Waals surface area contributed by atoms with Gasteiger partial charge in [-0.1, -0.05) is 22.0 Å². The van der Waals surface area contributed by atoms with E-state index in [1.54, 1.807) is 6.07 Å². The Morgan fingerprint density at radius 2 is 1.79 bits per heavy atom. The summed E-state index contributed by atoms with van der Waals surface area (Å²) in [4.78, 5) is 0.339. The van der Waals surface area contributed by atoms with Gasteiger partial charge >= 0.3 is 0 Å². The van der Waals surface area contributed by atoms with Gasteiger partial charge in [0.05, 0.1) is 10.9 Å². The normalized spacial score (nSPS) is 17.2. The maximum Gasteiger partial charge on any atom is 0.241 e. The van der Waals surface area contributed by atoms with Gasteiger partial charge in [0.25, 0.3) is 0 Å².